The first kappa shape index (κ1) is 13.9. The van der Waals surface area contributed by atoms with Gasteiger partial charge in [-0.1, -0.05) is 30.3 Å². The average Bonchev–Trinajstić information content (AvgIpc) is 2.55. The van der Waals surface area contributed by atoms with E-state index in [9.17, 15) is 0 Å². The number of pyridine rings is 1. The number of hydrogen-bond acceptors (Lipinski definition) is 2. The van der Waals surface area contributed by atoms with E-state index in [2.05, 4.69) is 17.1 Å². The number of nitrogens with zero attached hydrogens (tertiary/aromatic N) is 1. The molecule has 0 saturated carbocycles. The molecule has 0 fully saturated rings. The third kappa shape index (κ3) is 3.34. The maximum absolute atomic E-state index is 6.14. The van der Waals surface area contributed by atoms with Crippen LogP contribution in [0.5, 0.6) is 5.75 Å². The van der Waals surface area contributed by atoms with Gasteiger partial charge in [-0.3, -0.25) is 4.98 Å². The molecule has 0 aliphatic rings. The van der Waals surface area contributed by atoms with Gasteiger partial charge in [-0.25, -0.2) is 0 Å². The summed E-state index contributed by atoms with van der Waals surface area (Å²) in [6, 6.07) is 18.2. The fraction of sp³-hybridized carbons (Fsp3) is 0.167. The number of rotatable bonds is 5. The van der Waals surface area contributed by atoms with Crippen LogP contribution in [0.1, 0.15) is 18.1 Å². The number of alkyl halides is 1. The minimum atomic E-state index is -0.0250. The standard InChI is InChI=1S/C18H16ClNO/c19-10-8-18(14-4-2-1-3-5-14)21-17-7-6-16-13-20-11-9-15(16)12-17/h1-7,9,11-13,18H,8,10H2/t18-/m0/s1. The zero-order valence-electron chi connectivity index (χ0n) is 11.6. The third-order valence-corrected chi connectivity index (χ3v) is 3.65. The lowest BCUT2D eigenvalue weighted by Gasteiger charge is -2.19. The number of benzene rings is 2. The first-order valence-electron chi connectivity index (χ1n) is 6.98. The number of hydrogen-bond donors (Lipinski definition) is 0. The quantitative estimate of drug-likeness (QED) is 0.619. The molecule has 0 spiro atoms. The lowest BCUT2D eigenvalue weighted by molar-refractivity contribution is 0.202. The number of fused-ring (bicyclic) bond motifs is 1. The van der Waals surface area contributed by atoms with Gasteiger partial charge in [-0.2, -0.15) is 0 Å². The Labute approximate surface area is 129 Å². The maximum Gasteiger partial charge on any atom is 0.125 e. The molecule has 21 heavy (non-hydrogen) atoms. The smallest absolute Gasteiger partial charge is 0.125 e. The van der Waals surface area contributed by atoms with Gasteiger partial charge in [0, 0.05) is 30.1 Å². The number of halogens is 1. The largest absolute Gasteiger partial charge is 0.486 e. The molecule has 0 bridgehead atoms. The van der Waals surface area contributed by atoms with Gasteiger partial charge in [-0.15, -0.1) is 11.6 Å². The molecule has 3 heteroatoms. The molecule has 0 amide bonds. The van der Waals surface area contributed by atoms with E-state index >= 15 is 0 Å². The van der Waals surface area contributed by atoms with Gasteiger partial charge in [0.05, 0.1) is 0 Å². The molecule has 1 aromatic heterocycles. The molecule has 1 heterocycles. The van der Waals surface area contributed by atoms with Crippen LogP contribution < -0.4 is 4.74 Å². The minimum Gasteiger partial charge on any atom is -0.486 e. The lowest BCUT2D eigenvalue weighted by Crippen LogP contribution is -2.08. The zero-order valence-corrected chi connectivity index (χ0v) is 12.3. The molecule has 3 aromatic rings. The molecule has 2 nitrogen and oxygen atoms in total. The van der Waals surface area contributed by atoms with E-state index in [0.29, 0.717) is 5.88 Å². The summed E-state index contributed by atoms with van der Waals surface area (Å²) >= 11 is 5.92. The highest BCUT2D eigenvalue weighted by Crippen LogP contribution is 2.27. The lowest BCUT2D eigenvalue weighted by atomic mass is 10.1. The fourth-order valence-electron chi connectivity index (χ4n) is 2.36. The molecule has 0 saturated heterocycles. The van der Waals surface area contributed by atoms with Crippen LogP contribution in [-0.2, 0) is 0 Å². The zero-order chi connectivity index (χ0) is 14.5. The van der Waals surface area contributed by atoms with E-state index in [-0.39, 0.29) is 6.10 Å². The summed E-state index contributed by atoms with van der Waals surface area (Å²) < 4.78 is 6.14. The van der Waals surface area contributed by atoms with Crippen molar-refractivity contribution in [3.05, 3.63) is 72.6 Å². The van der Waals surface area contributed by atoms with Gasteiger partial charge in [0.1, 0.15) is 11.9 Å². The van der Waals surface area contributed by atoms with Gasteiger partial charge in [0.25, 0.3) is 0 Å². The summed E-state index contributed by atoms with van der Waals surface area (Å²) in [6.07, 6.45) is 4.40. The van der Waals surface area contributed by atoms with E-state index in [1.54, 1.807) is 6.20 Å². The van der Waals surface area contributed by atoms with E-state index in [0.717, 1.165) is 28.5 Å². The van der Waals surface area contributed by atoms with Crippen LogP contribution in [0.4, 0.5) is 0 Å². The van der Waals surface area contributed by atoms with E-state index in [1.165, 1.54) is 0 Å². The summed E-state index contributed by atoms with van der Waals surface area (Å²) in [7, 11) is 0. The van der Waals surface area contributed by atoms with Crippen LogP contribution in [0.25, 0.3) is 10.8 Å². The molecule has 2 aromatic carbocycles. The SMILES string of the molecule is ClCC[C@H](Oc1ccc2cnccc2c1)c1ccccc1. The highest BCUT2D eigenvalue weighted by Gasteiger charge is 2.12. The molecule has 3 rings (SSSR count). The molecular formula is C18H16ClNO. The Kier molecular flexibility index (Phi) is 4.37. The van der Waals surface area contributed by atoms with Gasteiger partial charge < -0.3 is 4.74 Å². The molecule has 1 atom stereocenters. The predicted octanol–water partition coefficient (Wildman–Crippen LogP) is 4.98. The van der Waals surface area contributed by atoms with Crippen molar-refractivity contribution in [3.63, 3.8) is 0 Å². The van der Waals surface area contributed by atoms with Crippen LogP contribution in [0.3, 0.4) is 0 Å². The first-order valence-corrected chi connectivity index (χ1v) is 7.51. The van der Waals surface area contributed by atoms with E-state index < -0.39 is 0 Å². The summed E-state index contributed by atoms with van der Waals surface area (Å²) in [5, 5.41) is 2.23. The van der Waals surface area contributed by atoms with Gasteiger partial charge in [0.2, 0.25) is 0 Å². The van der Waals surface area contributed by atoms with Crippen LogP contribution in [0, 0.1) is 0 Å². The van der Waals surface area contributed by atoms with Crippen molar-refractivity contribution in [1.82, 2.24) is 4.98 Å². The first-order chi connectivity index (χ1) is 10.4. The molecule has 0 aliphatic heterocycles. The second kappa shape index (κ2) is 6.59. The molecule has 0 N–H and O–H groups in total. The summed E-state index contributed by atoms with van der Waals surface area (Å²) in [4.78, 5) is 4.12. The van der Waals surface area contributed by atoms with Gasteiger partial charge in [0.15, 0.2) is 0 Å². The highest BCUT2D eigenvalue weighted by atomic mass is 35.5. The van der Waals surface area contributed by atoms with Crippen molar-refractivity contribution in [1.29, 1.82) is 0 Å². The Morgan fingerprint density at radius 3 is 2.67 bits per heavy atom. The third-order valence-electron chi connectivity index (χ3n) is 3.43. The second-order valence-corrected chi connectivity index (χ2v) is 5.26. The Balaban J connectivity index is 1.87. The Hall–Kier alpha value is -2.06. The molecular weight excluding hydrogens is 282 g/mol. The fourth-order valence-corrected chi connectivity index (χ4v) is 2.56. The number of ether oxygens (including phenoxy) is 1. The van der Waals surface area contributed by atoms with E-state index in [4.69, 9.17) is 16.3 Å². The Bertz CT molecular complexity index is 714. The molecule has 0 radical (unpaired) electrons. The summed E-state index contributed by atoms with van der Waals surface area (Å²) in [6.45, 7) is 0. The highest BCUT2D eigenvalue weighted by molar-refractivity contribution is 6.17. The monoisotopic (exact) mass is 297 g/mol. The van der Waals surface area contributed by atoms with Crippen LogP contribution >= 0.6 is 11.6 Å². The normalized spacial score (nSPS) is 12.2. The van der Waals surface area contributed by atoms with Crippen molar-refractivity contribution >= 4 is 22.4 Å². The van der Waals surface area contributed by atoms with Crippen molar-refractivity contribution in [2.75, 3.05) is 5.88 Å². The summed E-state index contributed by atoms with van der Waals surface area (Å²) in [5.41, 5.74) is 1.15. The Morgan fingerprint density at radius 1 is 1.00 bits per heavy atom. The molecule has 0 aliphatic carbocycles. The maximum atomic E-state index is 6.14. The van der Waals surface area contributed by atoms with Crippen molar-refractivity contribution in [2.24, 2.45) is 0 Å². The van der Waals surface area contributed by atoms with Gasteiger partial charge >= 0.3 is 0 Å². The predicted molar refractivity (Wildman–Crippen MR) is 86.9 cm³/mol. The van der Waals surface area contributed by atoms with Crippen molar-refractivity contribution in [3.8, 4) is 5.75 Å². The second-order valence-electron chi connectivity index (χ2n) is 4.88. The average molecular weight is 298 g/mol. The van der Waals surface area contributed by atoms with Crippen LogP contribution in [0.2, 0.25) is 0 Å². The van der Waals surface area contributed by atoms with E-state index in [1.807, 2.05) is 48.7 Å². The summed E-state index contributed by atoms with van der Waals surface area (Å²) in [5.74, 6) is 1.42. The number of aromatic nitrogens is 1. The van der Waals surface area contributed by atoms with Crippen molar-refractivity contribution < 1.29 is 4.74 Å². The van der Waals surface area contributed by atoms with Crippen LogP contribution in [-0.4, -0.2) is 10.9 Å². The Morgan fingerprint density at radius 2 is 1.86 bits per heavy atom. The minimum absolute atomic E-state index is 0.0250. The molecule has 106 valence electrons. The van der Waals surface area contributed by atoms with Crippen LogP contribution in [0.15, 0.2) is 67.0 Å². The van der Waals surface area contributed by atoms with Gasteiger partial charge in [-0.05, 0) is 35.2 Å². The molecule has 0 unspecified atom stereocenters. The van der Waals surface area contributed by atoms with Crippen molar-refractivity contribution in [2.45, 2.75) is 12.5 Å². The topological polar surface area (TPSA) is 22.1 Å².